The van der Waals surface area contributed by atoms with Crippen LogP contribution in [0.4, 0.5) is 11.6 Å². The number of unbranched alkanes of at least 4 members (excludes halogenated alkanes) is 1. The summed E-state index contributed by atoms with van der Waals surface area (Å²) in [4.78, 5) is 8.63. The number of nitriles is 1. The van der Waals surface area contributed by atoms with Crippen molar-refractivity contribution < 1.29 is 0 Å². The second-order valence-electron chi connectivity index (χ2n) is 4.88. The zero-order valence-electron chi connectivity index (χ0n) is 12.2. The van der Waals surface area contributed by atoms with E-state index in [0.717, 1.165) is 36.2 Å². The lowest BCUT2D eigenvalue weighted by molar-refractivity contribution is 0.774. The zero-order valence-corrected chi connectivity index (χ0v) is 12.9. The molecular formula is C16H17ClN4. The Bertz CT molecular complexity index is 676. The van der Waals surface area contributed by atoms with E-state index in [1.807, 2.05) is 19.1 Å². The van der Waals surface area contributed by atoms with Crippen LogP contribution in [0.5, 0.6) is 0 Å². The van der Waals surface area contributed by atoms with E-state index in [-0.39, 0.29) is 0 Å². The average molecular weight is 301 g/mol. The summed E-state index contributed by atoms with van der Waals surface area (Å²) in [7, 11) is 0. The Morgan fingerprint density at radius 2 is 2.10 bits per heavy atom. The minimum atomic E-state index is 0.422. The topological polar surface area (TPSA) is 61.6 Å². The van der Waals surface area contributed by atoms with E-state index in [1.165, 1.54) is 0 Å². The molecule has 2 rings (SSSR count). The van der Waals surface area contributed by atoms with E-state index in [1.54, 1.807) is 12.1 Å². The van der Waals surface area contributed by atoms with Gasteiger partial charge < -0.3 is 5.32 Å². The Morgan fingerprint density at radius 1 is 1.29 bits per heavy atom. The monoisotopic (exact) mass is 300 g/mol. The Hall–Kier alpha value is -2.12. The Morgan fingerprint density at radius 3 is 2.81 bits per heavy atom. The fourth-order valence-electron chi connectivity index (χ4n) is 1.96. The van der Waals surface area contributed by atoms with Gasteiger partial charge in [0.15, 0.2) is 0 Å². The van der Waals surface area contributed by atoms with Gasteiger partial charge in [-0.25, -0.2) is 9.97 Å². The first-order valence-corrected chi connectivity index (χ1v) is 7.31. The minimum absolute atomic E-state index is 0.422. The van der Waals surface area contributed by atoms with Crippen LogP contribution in [0, 0.1) is 18.3 Å². The molecule has 5 heteroatoms. The summed E-state index contributed by atoms with van der Waals surface area (Å²) >= 11 is 6.04. The number of anilines is 2. The maximum Gasteiger partial charge on any atom is 0.228 e. The first-order valence-electron chi connectivity index (χ1n) is 6.93. The van der Waals surface area contributed by atoms with Crippen molar-refractivity contribution in [3.05, 3.63) is 46.2 Å². The lowest BCUT2D eigenvalue weighted by Gasteiger charge is -2.08. The third-order valence-corrected chi connectivity index (χ3v) is 3.34. The molecule has 0 atom stereocenters. The quantitative estimate of drug-likeness (QED) is 0.832. The summed E-state index contributed by atoms with van der Waals surface area (Å²) < 4.78 is 0. The van der Waals surface area contributed by atoms with Crippen LogP contribution >= 0.6 is 11.6 Å². The number of rotatable bonds is 5. The largest absolute Gasteiger partial charge is 0.324 e. The maximum atomic E-state index is 9.06. The summed E-state index contributed by atoms with van der Waals surface area (Å²) in [6.45, 7) is 4.04. The van der Waals surface area contributed by atoms with Crippen molar-refractivity contribution in [1.29, 1.82) is 5.26 Å². The normalized spacial score (nSPS) is 10.2. The molecule has 0 spiro atoms. The third kappa shape index (κ3) is 4.17. The van der Waals surface area contributed by atoms with E-state index in [9.17, 15) is 0 Å². The van der Waals surface area contributed by atoms with Crippen molar-refractivity contribution in [2.75, 3.05) is 5.32 Å². The van der Waals surface area contributed by atoms with Gasteiger partial charge in [0.25, 0.3) is 0 Å². The highest BCUT2D eigenvalue weighted by molar-refractivity contribution is 6.29. The Balaban J connectivity index is 2.23. The molecule has 0 aliphatic carbocycles. The molecule has 0 saturated carbocycles. The smallest absolute Gasteiger partial charge is 0.228 e. The van der Waals surface area contributed by atoms with Crippen molar-refractivity contribution in [3.63, 3.8) is 0 Å². The van der Waals surface area contributed by atoms with E-state index in [0.29, 0.717) is 16.7 Å². The van der Waals surface area contributed by atoms with Crippen LogP contribution in [-0.2, 0) is 6.42 Å². The van der Waals surface area contributed by atoms with Gasteiger partial charge in [0.2, 0.25) is 5.95 Å². The summed E-state index contributed by atoms with van der Waals surface area (Å²) in [6.07, 6.45) is 3.05. The maximum absolute atomic E-state index is 9.06. The molecule has 0 amide bonds. The third-order valence-electron chi connectivity index (χ3n) is 3.15. The van der Waals surface area contributed by atoms with Crippen molar-refractivity contribution >= 4 is 23.2 Å². The Labute approximate surface area is 129 Å². The van der Waals surface area contributed by atoms with Gasteiger partial charge in [-0.05, 0) is 43.5 Å². The predicted molar refractivity (Wildman–Crippen MR) is 84.8 cm³/mol. The number of halogens is 1. The number of hydrogen-bond acceptors (Lipinski definition) is 4. The number of nitrogens with one attached hydrogen (secondary N) is 1. The predicted octanol–water partition coefficient (Wildman–Crippen LogP) is 4.40. The van der Waals surface area contributed by atoms with Gasteiger partial charge in [-0.15, -0.1) is 0 Å². The molecule has 1 aromatic carbocycles. The zero-order chi connectivity index (χ0) is 15.2. The van der Waals surface area contributed by atoms with Crippen LogP contribution in [-0.4, -0.2) is 9.97 Å². The molecule has 1 heterocycles. The van der Waals surface area contributed by atoms with Crippen LogP contribution in [0.3, 0.4) is 0 Å². The number of hydrogen-bond donors (Lipinski definition) is 1. The minimum Gasteiger partial charge on any atom is -0.324 e. The highest BCUT2D eigenvalue weighted by Crippen LogP contribution is 2.19. The molecule has 21 heavy (non-hydrogen) atoms. The van der Waals surface area contributed by atoms with Gasteiger partial charge in [0, 0.05) is 11.4 Å². The first kappa shape index (κ1) is 15.3. The highest BCUT2D eigenvalue weighted by Gasteiger charge is 2.05. The van der Waals surface area contributed by atoms with Crippen LogP contribution in [0.25, 0.3) is 0 Å². The second-order valence-corrected chi connectivity index (χ2v) is 5.26. The van der Waals surface area contributed by atoms with Gasteiger partial charge in [-0.2, -0.15) is 5.26 Å². The Kier molecular flexibility index (Phi) is 5.13. The number of aryl methyl sites for hydroxylation is 2. The van der Waals surface area contributed by atoms with E-state index < -0.39 is 0 Å². The molecule has 0 radical (unpaired) electrons. The van der Waals surface area contributed by atoms with Crippen LogP contribution in [0.1, 0.15) is 36.6 Å². The fraction of sp³-hybridized carbons (Fsp3) is 0.312. The van der Waals surface area contributed by atoms with Gasteiger partial charge in [0.05, 0.1) is 11.6 Å². The van der Waals surface area contributed by atoms with Gasteiger partial charge >= 0.3 is 0 Å². The van der Waals surface area contributed by atoms with Crippen molar-refractivity contribution in [2.45, 2.75) is 33.1 Å². The standard InChI is InChI=1S/C16H17ClN4/c1-3-4-5-13-9-15(17)21-16(19-13)20-14-7-6-11(2)12(8-14)10-18/h6-9H,3-5H2,1-2H3,(H,19,20,21). The summed E-state index contributed by atoms with van der Waals surface area (Å²) in [5.41, 5.74) is 3.28. The number of nitrogens with zero attached hydrogens (tertiary/aromatic N) is 3. The summed E-state index contributed by atoms with van der Waals surface area (Å²) in [6, 6.07) is 9.53. The lowest BCUT2D eigenvalue weighted by Crippen LogP contribution is -2.01. The lowest BCUT2D eigenvalue weighted by atomic mass is 10.1. The molecule has 108 valence electrons. The van der Waals surface area contributed by atoms with Gasteiger partial charge in [-0.3, -0.25) is 0 Å². The van der Waals surface area contributed by atoms with Crippen molar-refractivity contribution in [2.24, 2.45) is 0 Å². The van der Waals surface area contributed by atoms with Gasteiger partial charge in [-0.1, -0.05) is 31.0 Å². The molecule has 0 saturated heterocycles. The number of aromatic nitrogens is 2. The second kappa shape index (κ2) is 7.05. The van der Waals surface area contributed by atoms with E-state index >= 15 is 0 Å². The molecule has 4 nitrogen and oxygen atoms in total. The first-order chi connectivity index (χ1) is 10.1. The van der Waals surface area contributed by atoms with E-state index in [2.05, 4.69) is 28.3 Å². The van der Waals surface area contributed by atoms with Crippen LogP contribution in [0.15, 0.2) is 24.3 Å². The molecule has 2 aromatic rings. The molecule has 0 aliphatic rings. The SMILES string of the molecule is CCCCc1cc(Cl)nc(Nc2ccc(C)c(C#N)c2)n1. The molecule has 0 unspecified atom stereocenters. The van der Waals surface area contributed by atoms with Gasteiger partial charge in [0.1, 0.15) is 5.15 Å². The van der Waals surface area contributed by atoms with Crippen LogP contribution < -0.4 is 5.32 Å². The molecule has 0 fully saturated rings. The summed E-state index contributed by atoms with van der Waals surface area (Å²) in [5.74, 6) is 0.460. The molecular weight excluding hydrogens is 284 g/mol. The number of benzene rings is 1. The van der Waals surface area contributed by atoms with Crippen molar-refractivity contribution in [1.82, 2.24) is 9.97 Å². The average Bonchev–Trinajstić information content (AvgIpc) is 2.46. The molecule has 0 aliphatic heterocycles. The highest BCUT2D eigenvalue weighted by atomic mass is 35.5. The van der Waals surface area contributed by atoms with E-state index in [4.69, 9.17) is 16.9 Å². The molecule has 1 N–H and O–H groups in total. The van der Waals surface area contributed by atoms with Crippen LogP contribution in [0.2, 0.25) is 5.15 Å². The van der Waals surface area contributed by atoms with Crippen molar-refractivity contribution in [3.8, 4) is 6.07 Å². The summed E-state index contributed by atoms with van der Waals surface area (Å²) in [5, 5.41) is 12.6. The molecule has 1 aromatic heterocycles. The molecule has 0 bridgehead atoms. The fourth-order valence-corrected chi connectivity index (χ4v) is 2.16.